The summed E-state index contributed by atoms with van der Waals surface area (Å²) in [4.78, 5) is 29.1. The molecule has 1 aliphatic rings. The van der Waals surface area contributed by atoms with Crippen LogP contribution < -0.4 is 15.5 Å². The number of hydrogen-bond donors (Lipinski definition) is 3. The molecule has 3 aromatic rings. The van der Waals surface area contributed by atoms with Gasteiger partial charge in [0.25, 0.3) is 5.91 Å². The molecule has 2 aromatic carbocycles. The van der Waals surface area contributed by atoms with Gasteiger partial charge in [0, 0.05) is 19.3 Å². The van der Waals surface area contributed by atoms with E-state index in [1.165, 1.54) is 17.2 Å². The van der Waals surface area contributed by atoms with Gasteiger partial charge < -0.3 is 20.6 Å². The van der Waals surface area contributed by atoms with Gasteiger partial charge in [-0.25, -0.2) is 22.4 Å². The molecule has 0 radical (unpaired) electrons. The van der Waals surface area contributed by atoms with Crippen molar-refractivity contribution in [2.24, 2.45) is 5.92 Å². The number of anilines is 2. The van der Waals surface area contributed by atoms with Crippen LogP contribution in [0.25, 0.3) is 11.1 Å². The number of alkyl halides is 3. The van der Waals surface area contributed by atoms with Gasteiger partial charge in [-0.2, -0.15) is 13.2 Å². The van der Waals surface area contributed by atoms with Crippen LogP contribution in [0.5, 0.6) is 0 Å². The summed E-state index contributed by atoms with van der Waals surface area (Å²) in [6.07, 6.45) is -4.37. The number of pyridine rings is 1. The Morgan fingerprint density at radius 1 is 0.949 bits per heavy atom. The number of amides is 2. The Hall–Kier alpha value is -4.36. The Kier molecular flexibility index (Phi) is 7.65. The molecule has 0 unspecified atom stereocenters. The van der Waals surface area contributed by atoms with Crippen LogP contribution in [0.4, 0.5) is 46.9 Å². The minimum atomic E-state index is -4.65. The molecule has 206 valence electrons. The molecule has 4 rings (SSSR count). The molecule has 2 heterocycles. The standard InChI is InChI=1S/C25H19F7N4O3/c26-15-2-1-3-16(27)20(15)21-17(28)5-4-14(22(21)29)23(37)35-18-9-33-7-6-19(18)36-10-12(25(30,31)32)8-13(11-36)34-24(38)39/h1-7,9,12-13,34H,8,10-11H2,(H,35,37)(H,38,39)/t12-,13+/m1/s1. The third-order valence-electron chi connectivity index (χ3n) is 6.18. The zero-order valence-corrected chi connectivity index (χ0v) is 19.7. The summed E-state index contributed by atoms with van der Waals surface area (Å²) < 4.78 is 99.0. The first-order valence-electron chi connectivity index (χ1n) is 11.4. The van der Waals surface area contributed by atoms with Gasteiger partial charge in [-0.1, -0.05) is 6.07 Å². The molecule has 1 aliphatic heterocycles. The summed E-state index contributed by atoms with van der Waals surface area (Å²) in [6.45, 7) is -0.761. The van der Waals surface area contributed by atoms with E-state index in [1.807, 2.05) is 5.32 Å². The monoisotopic (exact) mass is 556 g/mol. The highest BCUT2D eigenvalue weighted by molar-refractivity contribution is 6.06. The van der Waals surface area contributed by atoms with Crippen LogP contribution in [-0.2, 0) is 0 Å². The second-order valence-electron chi connectivity index (χ2n) is 8.75. The van der Waals surface area contributed by atoms with Crippen molar-refractivity contribution in [3.63, 3.8) is 0 Å². The van der Waals surface area contributed by atoms with Gasteiger partial charge in [0.2, 0.25) is 0 Å². The van der Waals surface area contributed by atoms with Crippen LogP contribution in [-0.4, -0.2) is 47.4 Å². The van der Waals surface area contributed by atoms with E-state index in [9.17, 15) is 35.9 Å². The van der Waals surface area contributed by atoms with E-state index in [0.717, 1.165) is 30.5 Å². The minimum absolute atomic E-state index is 0.0207. The molecule has 14 heteroatoms. The second kappa shape index (κ2) is 10.8. The van der Waals surface area contributed by atoms with Crippen molar-refractivity contribution in [1.82, 2.24) is 10.3 Å². The average molecular weight is 556 g/mol. The molecule has 0 bridgehead atoms. The zero-order chi connectivity index (χ0) is 28.5. The number of rotatable bonds is 5. The van der Waals surface area contributed by atoms with Crippen LogP contribution in [0, 0.1) is 29.2 Å². The molecular weight excluding hydrogens is 537 g/mol. The lowest BCUT2D eigenvalue weighted by atomic mass is 9.93. The fourth-order valence-electron chi connectivity index (χ4n) is 4.45. The number of halogens is 7. The first-order chi connectivity index (χ1) is 18.4. The molecule has 2 amide bonds. The Morgan fingerprint density at radius 3 is 2.26 bits per heavy atom. The topological polar surface area (TPSA) is 94.6 Å². The van der Waals surface area contributed by atoms with Crippen molar-refractivity contribution in [3.8, 4) is 11.1 Å². The van der Waals surface area contributed by atoms with Gasteiger partial charge >= 0.3 is 12.3 Å². The Bertz CT molecular complexity index is 1400. The maximum absolute atomic E-state index is 15.3. The van der Waals surface area contributed by atoms with Crippen LogP contribution in [0.2, 0.25) is 0 Å². The lowest BCUT2D eigenvalue weighted by Crippen LogP contribution is -2.53. The summed E-state index contributed by atoms with van der Waals surface area (Å²) in [5.41, 5.74) is -3.08. The van der Waals surface area contributed by atoms with E-state index in [4.69, 9.17) is 5.11 Å². The molecule has 0 saturated carbocycles. The molecule has 7 nitrogen and oxygen atoms in total. The van der Waals surface area contributed by atoms with Crippen molar-refractivity contribution in [1.29, 1.82) is 0 Å². The van der Waals surface area contributed by atoms with Crippen LogP contribution in [0.3, 0.4) is 0 Å². The molecule has 0 aliphatic carbocycles. The fourth-order valence-corrected chi connectivity index (χ4v) is 4.45. The quantitative estimate of drug-likeness (QED) is 0.357. The predicted molar refractivity (Wildman–Crippen MR) is 125 cm³/mol. The van der Waals surface area contributed by atoms with Crippen LogP contribution in [0.1, 0.15) is 16.8 Å². The smallest absolute Gasteiger partial charge is 0.404 e. The lowest BCUT2D eigenvalue weighted by molar-refractivity contribution is -0.177. The van der Waals surface area contributed by atoms with Gasteiger partial charge in [-0.05, 0) is 36.8 Å². The molecule has 1 fully saturated rings. The Labute approximate surface area is 216 Å². The number of benzene rings is 2. The number of hydrogen-bond acceptors (Lipinski definition) is 4. The number of aromatic nitrogens is 1. The van der Waals surface area contributed by atoms with E-state index < -0.39 is 83.1 Å². The predicted octanol–water partition coefficient (Wildman–Crippen LogP) is 5.58. The number of nitrogens with one attached hydrogen (secondary N) is 2. The number of nitrogens with zero attached hydrogens (tertiary/aromatic N) is 2. The van der Waals surface area contributed by atoms with Crippen LogP contribution in [0.15, 0.2) is 48.8 Å². The lowest BCUT2D eigenvalue weighted by Gasteiger charge is -2.40. The van der Waals surface area contributed by atoms with Crippen molar-refractivity contribution in [2.75, 3.05) is 23.3 Å². The first-order valence-corrected chi connectivity index (χ1v) is 11.4. The van der Waals surface area contributed by atoms with E-state index in [0.29, 0.717) is 6.07 Å². The third kappa shape index (κ3) is 5.89. The minimum Gasteiger partial charge on any atom is -0.465 e. The van der Waals surface area contributed by atoms with E-state index in [2.05, 4.69) is 10.3 Å². The highest BCUT2D eigenvalue weighted by Gasteiger charge is 2.45. The summed E-state index contributed by atoms with van der Waals surface area (Å²) >= 11 is 0. The number of piperidine rings is 1. The largest absolute Gasteiger partial charge is 0.465 e. The Balaban J connectivity index is 1.68. The summed E-state index contributed by atoms with van der Waals surface area (Å²) in [7, 11) is 0. The maximum Gasteiger partial charge on any atom is 0.404 e. The van der Waals surface area contributed by atoms with Gasteiger partial charge in [-0.3, -0.25) is 9.78 Å². The molecule has 2 atom stereocenters. The van der Waals surface area contributed by atoms with E-state index in [-0.39, 0.29) is 17.9 Å². The second-order valence-corrected chi connectivity index (χ2v) is 8.75. The molecule has 1 aromatic heterocycles. The first kappa shape index (κ1) is 27.7. The molecule has 0 spiro atoms. The number of carbonyl (C=O) groups excluding carboxylic acids is 1. The summed E-state index contributed by atoms with van der Waals surface area (Å²) in [5.74, 6) is -8.55. The van der Waals surface area contributed by atoms with Crippen LogP contribution >= 0.6 is 0 Å². The number of carboxylic acid groups (broad SMARTS) is 1. The fraction of sp³-hybridized carbons (Fsp3) is 0.240. The third-order valence-corrected chi connectivity index (χ3v) is 6.18. The Morgan fingerprint density at radius 2 is 1.62 bits per heavy atom. The number of carbonyl (C=O) groups is 2. The molecular formula is C25H19F7N4O3. The summed E-state index contributed by atoms with van der Waals surface area (Å²) in [5, 5.41) is 13.3. The molecule has 39 heavy (non-hydrogen) atoms. The van der Waals surface area contributed by atoms with E-state index in [1.54, 1.807) is 0 Å². The molecule has 3 N–H and O–H groups in total. The SMILES string of the molecule is O=C(O)N[C@H]1C[C@@H](C(F)(F)F)CN(c2ccncc2NC(=O)c2ccc(F)c(-c3c(F)cccc3F)c2F)C1. The van der Waals surface area contributed by atoms with Gasteiger partial charge in [0.15, 0.2) is 0 Å². The summed E-state index contributed by atoms with van der Waals surface area (Å²) in [6, 6.07) is 4.11. The van der Waals surface area contributed by atoms with Gasteiger partial charge in [0.1, 0.15) is 23.3 Å². The average Bonchev–Trinajstić information content (AvgIpc) is 2.85. The van der Waals surface area contributed by atoms with Gasteiger partial charge in [-0.15, -0.1) is 0 Å². The maximum atomic E-state index is 15.3. The van der Waals surface area contributed by atoms with Crippen molar-refractivity contribution in [2.45, 2.75) is 18.6 Å². The van der Waals surface area contributed by atoms with Crippen molar-refractivity contribution in [3.05, 3.63) is 77.6 Å². The highest BCUT2D eigenvalue weighted by Crippen LogP contribution is 2.37. The zero-order valence-electron chi connectivity index (χ0n) is 19.7. The van der Waals surface area contributed by atoms with Crippen molar-refractivity contribution < 1.29 is 45.4 Å². The highest BCUT2D eigenvalue weighted by atomic mass is 19.4. The van der Waals surface area contributed by atoms with E-state index >= 15 is 4.39 Å². The van der Waals surface area contributed by atoms with Crippen molar-refractivity contribution >= 4 is 23.4 Å². The normalized spacial score (nSPS) is 17.6. The molecule has 1 saturated heterocycles. The van der Waals surface area contributed by atoms with Gasteiger partial charge in [0.05, 0.1) is 46.2 Å².